The van der Waals surface area contributed by atoms with Crippen LogP contribution in [-0.2, 0) is 6.67 Å². The maximum Gasteiger partial charge on any atom is 0.292 e. The van der Waals surface area contributed by atoms with Crippen molar-refractivity contribution in [2.45, 2.75) is 19.5 Å². The second kappa shape index (κ2) is 4.72. The first-order valence-electron chi connectivity index (χ1n) is 5.78. The molecule has 0 unspecified atom stereocenters. The Labute approximate surface area is 108 Å². The van der Waals surface area contributed by atoms with E-state index in [9.17, 15) is 0 Å². The molecule has 17 heavy (non-hydrogen) atoms. The molecule has 3 heterocycles. The molecule has 90 valence electrons. The predicted octanol–water partition coefficient (Wildman–Crippen LogP) is 1.57. The van der Waals surface area contributed by atoms with E-state index in [1.807, 2.05) is 22.2 Å². The molecule has 0 aliphatic carbocycles. The van der Waals surface area contributed by atoms with Gasteiger partial charge in [0.25, 0.3) is 10.7 Å². The molecule has 0 amide bonds. The van der Waals surface area contributed by atoms with Gasteiger partial charge in [0.05, 0.1) is 18.0 Å². The highest BCUT2D eigenvalue weighted by molar-refractivity contribution is 7.71. The summed E-state index contributed by atoms with van der Waals surface area (Å²) in [6.07, 6.45) is 2.61. The van der Waals surface area contributed by atoms with Gasteiger partial charge in [0.1, 0.15) is 0 Å². The van der Waals surface area contributed by atoms with E-state index in [-0.39, 0.29) is 0 Å². The van der Waals surface area contributed by atoms with E-state index in [1.165, 1.54) is 30.8 Å². The lowest BCUT2D eigenvalue weighted by molar-refractivity contribution is -0.911. The van der Waals surface area contributed by atoms with Gasteiger partial charge in [-0.1, -0.05) is 6.07 Å². The van der Waals surface area contributed by atoms with Crippen LogP contribution in [0.2, 0.25) is 0 Å². The normalized spacial score (nSPS) is 16.7. The maximum atomic E-state index is 5.53. The number of likely N-dealkylation sites (tertiary alicyclic amines) is 1. The Morgan fingerprint density at radius 2 is 2.29 bits per heavy atom. The summed E-state index contributed by atoms with van der Waals surface area (Å²) in [6.45, 7) is 3.25. The molecule has 0 saturated carbocycles. The van der Waals surface area contributed by atoms with Crippen LogP contribution in [0.4, 0.5) is 0 Å². The minimum Gasteiger partial charge on any atom is -0.408 e. The molecule has 0 radical (unpaired) electrons. The first-order chi connectivity index (χ1) is 8.33. The van der Waals surface area contributed by atoms with Gasteiger partial charge in [-0.05, 0) is 23.7 Å². The fourth-order valence-electron chi connectivity index (χ4n) is 2.15. The van der Waals surface area contributed by atoms with Crippen LogP contribution >= 0.6 is 23.6 Å². The van der Waals surface area contributed by atoms with Gasteiger partial charge in [-0.3, -0.25) is 0 Å². The highest BCUT2D eigenvalue weighted by Gasteiger charge is 2.18. The zero-order valence-electron chi connectivity index (χ0n) is 9.39. The van der Waals surface area contributed by atoms with Crippen LogP contribution in [0.15, 0.2) is 21.9 Å². The van der Waals surface area contributed by atoms with Gasteiger partial charge in [0.15, 0.2) is 6.67 Å². The largest absolute Gasteiger partial charge is 0.408 e. The van der Waals surface area contributed by atoms with Crippen LogP contribution in [-0.4, -0.2) is 22.9 Å². The first-order valence-corrected chi connectivity index (χ1v) is 7.07. The monoisotopic (exact) mass is 268 g/mol. The fraction of sp³-hybridized carbons (Fsp3) is 0.455. The van der Waals surface area contributed by atoms with E-state index in [1.54, 1.807) is 11.3 Å². The molecule has 6 heteroatoms. The lowest BCUT2D eigenvalue weighted by atomic mass is 10.4. The van der Waals surface area contributed by atoms with Crippen molar-refractivity contribution in [3.05, 3.63) is 22.4 Å². The summed E-state index contributed by atoms with van der Waals surface area (Å²) in [4.78, 5) is 3.05. The van der Waals surface area contributed by atoms with Gasteiger partial charge < -0.3 is 9.32 Å². The molecule has 2 aromatic rings. The van der Waals surface area contributed by atoms with Gasteiger partial charge in [-0.2, -0.15) is 4.68 Å². The highest BCUT2D eigenvalue weighted by Crippen LogP contribution is 2.22. The summed E-state index contributed by atoms with van der Waals surface area (Å²) in [5.41, 5.74) is 0. The predicted molar refractivity (Wildman–Crippen MR) is 68.6 cm³/mol. The van der Waals surface area contributed by atoms with Crippen LogP contribution in [0, 0.1) is 4.84 Å². The molecule has 3 rings (SSSR count). The minimum absolute atomic E-state index is 0.479. The quantitative estimate of drug-likeness (QED) is 0.858. The number of nitrogens with zero attached hydrogens (tertiary/aromatic N) is 2. The van der Waals surface area contributed by atoms with Gasteiger partial charge in [-0.15, -0.1) is 16.4 Å². The third-order valence-electron chi connectivity index (χ3n) is 3.02. The number of thiophene rings is 1. The number of nitrogens with one attached hydrogen (secondary N) is 1. The molecule has 0 spiro atoms. The standard InChI is InChI=1S/C11H13N3OS2/c16-11-14(8-13-5-1-2-6-13)12-10(15-11)9-4-3-7-17-9/h3-4,7H,1-2,5-6,8H2/p+1. The van der Waals surface area contributed by atoms with Crippen molar-refractivity contribution in [3.63, 3.8) is 0 Å². The highest BCUT2D eigenvalue weighted by atomic mass is 32.1. The molecule has 0 aromatic carbocycles. The Balaban J connectivity index is 1.83. The minimum atomic E-state index is 0.479. The van der Waals surface area contributed by atoms with E-state index >= 15 is 0 Å². The van der Waals surface area contributed by atoms with Crippen LogP contribution in [0.1, 0.15) is 12.8 Å². The molecule has 1 fully saturated rings. The molecule has 1 N–H and O–H groups in total. The smallest absolute Gasteiger partial charge is 0.292 e. The third-order valence-corrected chi connectivity index (χ3v) is 4.17. The second-order valence-corrected chi connectivity index (χ2v) is 5.56. The lowest BCUT2D eigenvalue weighted by Crippen LogP contribution is -3.09. The van der Waals surface area contributed by atoms with Crippen molar-refractivity contribution in [3.8, 4) is 10.8 Å². The van der Waals surface area contributed by atoms with Crippen molar-refractivity contribution in [1.82, 2.24) is 9.78 Å². The second-order valence-electron chi connectivity index (χ2n) is 4.27. The van der Waals surface area contributed by atoms with Crippen molar-refractivity contribution >= 4 is 23.6 Å². The Hall–Kier alpha value is -0.980. The lowest BCUT2D eigenvalue weighted by Gasteiger charge is -2.10. The Kier molecular flexibility index (Phi) is 3.09. The van der Waals surface area contributed by atoms with E-state index in [0.717, 1.165) is 11.5 Å². The summed E-state index contributed by atoms with van der Waals surface area (Å²) in [6, 6.07) is 3.99. The number of aromatic nitrogens is 2. The zero-order chi connectivity index (χ0) is 11.7. The number of rotatable bonds is 3. The Bertz CT molecular complexity index is 537. The van der Waals surface area contributed by atoms with E-state index in [2.05, 4.69) is 5.10 Å². The topological polar surface area (TPSA) is 35.4 Å². The number of hydrogen-bond acceptors (Lipinski definition) is 4. The van der Waals surface area contributed by atoms with Gasteiger partial charge in [-0.25, -0.2) is 0 Å². The van der Waals surface area contributed by atoms with Crippen molar-refractivity contribution < 1.29 is 9.32 Å². The molecule has 1 aliphatic rings. The van der Waals surface area contributed by atoms with Gasteiger partial charge in [0.2, 0.25) is 0 Å². The average molecular weight is 268 g/mol. The Morgan fingerprint density at radius 1 is 1.47 bits per heavy atom. The SMILES string of the molecule is S=c1oc(-c2cccs2)nn1C[NH+]1CCCC1. The molecule has 4 nitrogen and oxygen atoms in total. The third kappa shape index (κ3) is 2.34. The van der Waals surface area contributed by atoms with E-state index < -0.39 is 0 Å². The van der Waals surface area contributed by atoms with E-state index in [4.69, 9.17) is 16.6 Å². The maximum absolute atomic E-state index is 5.53. The molecule has 2 aromatic heterocycles. The Morgan fingerprint density at radius 3 is 3.00 bits per heavy atom. The van der Waals surface area contributed by atoms with E-state index in [0.29, 0.717) is 10.7 Å². The van der Waals surface area contributed by atoms with Gasteiger partial charge in [0, 0.05) is 12.8 Å². The molecule has 0 atom stereocenters. The summed E-state index contributed by atoms with van der Waals surface area (Å²) in [5.74, 6) is 0.642. The fourth-order valence-corrected chi connectivity index (χ4v) is 2.98. The van der Waals surface area contributed by atoms with Crippen molar-refractivity contribution in [2.75, 3.05) is 13.1 Å². The summed E-state index contributed by atoms with van der Waals surface area (Å²) >= 11 is 6.82. The number of hydrogen-bond donors (Lipinski definition) is 1. The summed E-state index contributed by atoms with van der Waals surface area (Å²) in [7, 11) is 0. The van der Waals surface area contributed by atoms with Crippen LogP contribution < -0.4 is 4.90 Å². The van der Waals surface area contributed by atoms with Crippen molar-refractivity contribution in [1.29, 1.82) is 0 Å². The van der Waals surface area contributed by atoms with Crippen LogP contribution in [0.25, 0.3) is 10.8 Å². The molecule has 1 saturated heterocycles. The van der Waals surface area contributed by atoms with Crippen LogP contribution in [0.5, 0.6) is 0 Å². The molecule has 1 aliphatic heterocycles. The first kappa shape index (κ1) is 11.1. The molecular weight excluding hydrogens is 254 g/mol. The molecular formula is C11H14N3OS2+. The van der Waals surface area contributed by atoms with Crippen molar-refractivity contribution in [2.24, 2.45) is 0 Å². The summed E-state index contributed by atoms with van der Waals surface area (Å²) < 4.78 is 7.34. The number of quaternary nitrogens is 1. The van der Waals surface area contributed by atoms with Gasteiger partial charge >= 0.3 is 0 Å². The summed E-state index contributed by atoms with van der Waals surface area (Å²) in [5, 5.41) is 6.46. The zero-order valence-corrected chi connectivity index (χ0v) is 11.0. The molecule has 0 bridgehead atoms. The average Bonchev–Trinajstić information content (AvgIpc) is 3.02. The van der Waals surface area contributed by atoms with Crippen LogP contribution in [0.3, 0.4) is 0 Å².